The molecule has 0 bridgehead atoms. The lowest BCUT2D eigenvalue weighted by atomic mass is 9.83. The van der Waals surface area contributed by atoms with Crippen molar-refractivity contribution in [1.29, 1.82) is 0 Å². The summed E-state index contributed by atoms with van der Waals surface area (Å²) in [5.41, 5.74) is -7.64. The summed E-state index contributed by atoms with van der Waals surface area (Å²) in [6, 6.07) is 8.20. The third-order valence-corrected chi connectivity index (χ3v) is 3.93. The van der Waals surface area contributed by atoms with Crippen LogP contribution in [0.5, 0.6) is 0 Å². The molecule has 0 saturated heterocycles. The number of rotatable bonds is 2. The first-order chi connectivity index (χ1) is 11.3. The molecule has 0 heterocycles. The van der Waals surface area contributed by atoms with E-state index >= 15 is 0 Å². The SMILES string of the molecule is Cc1[c]c(C)c(-c2ccc(Cl)cc2)c(C(F)(C(F)(F)F)C(F)(F)F)c1. The first-order valence-electron chi connectivity index (χ1n) is 6.91. The van der Waals surface area contributed by atoms with Gasteiger partial charge in [0.2, 0.25) is 0 Å². The van der Waals surface area contributed by atoms with Gasteiger partial charge in [-0.1, -0.05) is 29.8 Å². The third kappa shape index (κ3) is 3.34. The zero-order valence-corrected chi connectivity index (χ0v) is 13.7. The monoisotopic (exact) mass is 383 g/mol. The van der Waals surface area contributed by atoms with E-state index in [0.717, 1.165) is 0 Å². The Balaban J connectivity index is 2.91. The van der Waals surface area contributed by atoms with E-state index in [9.17, 15) is 30.7 Å². The van der Waals surface area contributed by atoms with E-state index < -0.39 is 29.1 Å². The summed E-state index contributed by atoms with van der Waals surface area (Å²) in [6.45, 7) is 2.52. The van der Waals surface area contributed by atoms with Gasteiger partial charge >= 0.3 is 18.0 Å². The van der Waals surface area contributed by atoms with Crippen molar-refractivity contribution in [2.24, 2.45) is 0 Å². The average molecular weight is 384 g/mol. The molecule has 25 heavy (non-hydrogen) atoms. The summed E-state index contributed by atoms with van der Waals surface area (Å²) in [7, 11) is 0. The maximum Gasteiger partial charge on any atom is 0.435 e. The predicted molar refractivity (Wildman–Crippen MR) is 80.1 cm³/mol. The Kier molecular flexibility index (Phi) is 4.85. The third-order valence-electron chi connectivity index (χ3n) is 3.68. The highest BCUT2D eigenvalue weighted by Gasteiger charge is 2.74. The second-order valence-electron chi connectivity index (χ2n) is 5.53. The molecule has 0 nitrogen and oxygen atoms in total. The molecule has 0 spiro atoms. The molecular formula is C17H11ClF7. The minimum atomic E-state index is -6.19. The summed E-state index contributed by atoms with van der Waals surface area (Å²) in [5.74, 6) is 0. The van der Waals surface area contributed by atoms with Crippen molar-refractivity contribution in [1.82, 2.24) is 0 Å². The molecule has 0 unspecified atom stereocenters. The summed E-state index contributed by atoms with van der Waals surface area (Å²) in [6.07, 6.45) is -12.4. The van der Waals surface area contributed by atoms with Crippen LogP contribution in [0.3, 0.4) is 0 Å². The first-order valence-corrected chi connectivity index (χ1v) is 7.29. The van der Waals surface area contributed by atoms with Crippen LogP contribution in [0.1, 0.15) is 16.7 Å². The van der Waals surface area contributed by atoms with Gasteiger partial charge in [-0.3, -0.25) is 0 Å². The molecule has 2 aromatic rings. The molecule has 2 aromatic carbocycles. The van der Waals surface area contributed by atoms with E-state index in [0.29, 0.717) is 6.07 Å². The van der Waals surface area contributed by atoms with Crippen LogP contribution in [0.15, 0.2) is 30.3 Å². The molecule has 135 valence electrons. The van der Waals surface area contributed by atoms with Crippen LogP contribution in [0.2, 0.25) is 5.02 Å². The van der Waals surface area contributed by atoms with Crippen LogP contribution in [-0.2, 0) is 5.67 Å². The van der Waals surface area contributed by atoms with Crippen molar-refractivity contribution >= 4 is 11.6 Å². The van der Waals surface area contributed by atoms with Crippen molar-refractivity contribution in [3.8, 4) is 11.1 Å². The van der Waals surface area contributed by atoms with Crippen molar-refractivity contribution in [3.05, 3.63) is 58.1 Å². The van der Waals surface area contributed by atoms with Crippen LogP contribution in [-0.4, -0.2) is 12.4 Å². The Morgan fingerprint density at radius 3 is 1.76 bits per heavy atom. The second-order valence-corrected chi connectivity index (χ2v) is 5.96. The highest BCUT2D eigenvalue weighted by atomic mass is 35.5. The maximum atomic E-state index is 14.6. The van der Waals surface area contributed by atoms with Gasteiger partial charge in [0.15, 0.2) is 0 Å². The van der Waals surface area contributed by atoms with Crippen molar-refractivity contribution < 1.29 is 30.7 Å². The van der Waals surface area contributed by atoms with Gasteiger partial charge in [-0.2, -0.15) is 26.3 Å². The largest absolute Gasteiger partial charge is 0.435 e. The zero-order valence-electron chi connectivity index (χ0n) is 12.9. The van der Waals surface area contributed by atoms with Crippen LogP contribution < -0.4 is 0 Å². The van der Waals surface area contributed by atoms with Crippen LogP contribution in [0.25, 0.3) is 11.1 Å². The fourth-order valence-electron chi connectivity index (χ4n) is 2.61. The first kappa shape index (κ1) is 19.6. The van der Waals surface area contributed by atoms with Crippen LogP contribution >= 0.6 is 11.6 Å². The van der Waals surface area contributed by atoms with E-state index in [2.05, 4.69) is 6.07 Å². The van der Waals surface area contributed by atoms with E-state index in [-0.39, 0.29) is 21.7 Å². The molecule has 0 aromatic heterocycles. The van der Waals surface area contributed by atoms with Gasteiger partial charge in [0.05, 0.1) is 0 Å². The molecule has 0 amide bonds. The number of benzene rings is 2. The maximum absolute atomic E-state index is 14.6. The molecule has 0 fully saturated rings. The molecule has 0 N–H and O–H groups in total. The summed E-state index contributed by atoms with van der Waals surface area (Å²) in [5, 5.41) is 0.234. The Bertz CT molecular complexity index is 759. The zero-order chi connectivity index (χ0) is 19.2. The molecule has 0 atom stereocenters. The Labute approximate surface area is 144 Å². The standard InChI is InChI=1S/C17H11ClF7/c1-9-7-10(2)14(11-3-5-12(18)6-4-11)13(8-9)15(19,16(20,21)22)17(23,24)25/h3-6,8H,1-2H3. The molecule has 0 aliphatic rings. The van der Waals surface area contributed by atoms with Gasteiger partial charge in [0, 0.05) is 10.6 Å². The van der Waals surface area contributed by atoms with E-state index in [1.165, 1.54) is 38.1 Å². The molecule has 1 radical (unpaired) electrons. The van der Waals surface area contributed by atoms with Gasteiger partial charge in [-0.25, -0.2) is 4.39 Å². The molecule has 8 heteroatoms. The minimum absolute atomic E-state index is 0.0244. The van der Waals surface area contributed by atoms with Gasteiger partial charge in [-0.05, 0) is 54.3 Å². The molecule has 0 aliphatic heterocycles. The summed E-state index contributed by atoms with van der Waals surface area (Å²) >= 11 is 5.70. The highest BCUT2D eigenvalue weighted by molar-refractivity contribution is 6.30. The molecular weight excluding hydrogens is 373 g/mol. The fraction of sp³-hybridized carbons (Fsp3) is 0.294. The van der Waals surface area contributed by atoms with Crippen LogP contribution in [0, 0.1) is 19.9 Å². The van der Waals surface area contributed by atoms with E-state index in [1.807, 2.05) is 0 Å². The van der Waals surface area contributed by atoms with Crippen molar-refractivity contribution in [2.45, 2.75) is 31.9 Å². The molecule has 0 aliphatic carbocycles. The number of halogens is 8. The van der Waals surface area contributed by atoms with E-state index in [4.69, 9.17) is 11.6 Å². The van der Waals surface area contributed by atoms with E-state index in [1.54, 1.807) is 0 Å². The summed E-state index contributed by atoms with van der Waals surface area (Å²) in [4.78, 5) is 0. The summed E-state index contributed by atoms with van der Waals surface area (Å²) < 4.78 is 93.7. The fourth-order valence-corrected chi connectivity index (χ4v) is 2.74. The topological polar surface area (TPSA) is 0 Å². The number of aryl methyl sites for hydroxylation is 2. The smallest absolute Gasteiger partial charge is 0.218 e. The van der Waals surface area contributed by atoms with Gasteiger partial charge in [0.1, 0.15) is 0 Å². The van der Waals surface area contributed by atoms with Crippen molar-refractivity contribution in [2.75, 3.05) is 0 Å². The quantitative estimate of drug-likeness (QED) is 0.505. The highest BCUT2D eigenvalue weighted by Crippen LogP contribution is 2.55. The number of hydrogen-bond donors (Lipinski definition) is 0. The van der Waals surface area contributed by atoms with Gasteiger partial charge in [-0.15, -0.1) is 0 Å². The van der Waals surface area contributed by atoms with Crippen molar-refractivity contribution in [3.63, 3.8) is 0 Å². The Hall–Kier alpha value is -1.76. The number of alkyl halides is 7. The normalized spacial score (nSPS) is 13.2. The Morgan fingerprint density at radius 2 is 1.32 bits per heavy atom. The number of hydrogen-bond acceptors (Lipinski definition) is 0. The molecule has 0 saturated carbocycles. The molecule has 2 rings (SSSR count). The lowest BCUT2D eigenvalue weighted by Gasteiger charge is -2.32. The Morgan fingerprint density at radius 1 is 0.840 bits per heavy atom. The van der Waals surface area contributed by atoms with Gasteiger partial charge < -0.3 is 0 Å². The second kappa shape index (κ2) is 6.20. The van der Waals surface area contributed by atoms with Gasteiger partial charge in [0.25, 0.3) is 0 Å². The predicted octanol–water partition coefficient (Wildman–Crippen LogP) is 6.71. The lowest BCUT2D eigenvalue weighted by molar-refractivity contribution is -0.348. The lowest BCUT2D eigenvalue weighted by Crippen LogP contribution is -2.50. The average Bonchev–Trinajstić information content (AvgIpc) is 2.44. The minimum Gasteiger partial charge on any atom is -0.218 e. The van der Waals surface area contributed by atoms with Crippen LogP contribution in [0.4, 0.5) is 30.7 Å².